The van der Waals surface area contributed by atoms with Crippen molar-refractivity contribution in [3.63, 3.8) is 0 Å². The Hall–Kier alpha value is -0.198. The van der Waals surface area contributed by atoms with E-state index in [1.807, 2.05) is 6.92 Å². The summed E-state index contributed by atoms with van der Waals surface area (Å²) in [4.78, 5) is 0. The van der Waals surface area contributed by atoms with E-state index in [0.29, 0.717) is 0 Å². The molecule has 0 aliphatic heterocycles. The van der Waals surface area contributed by atoms with Gasteiger partial charge in [-0.3, -0.25) is 0 Å². The molecule has 2 aromatic rings. The fraction of sp³-hybridized carbons (Fsp3) is 0.409. The van der Waals surface area contributed by atoms with E-state index in [1.165, 1.54) is 10.4 Å². The molecular formula is C22H31ClHgO2Si. The first-order valence-corrected chi connectivity index (χ1v) is 10.9. The van der Waals surface area contributed by atoms with Gasteiger partial charge in [0.2, 0.25) is 0 Å². The first-order valence-electron chi connectivity index (χ1n) is 8.98. The predicted octanol–water partition coefficient (Wildman–Crippen LogP) is 1.19. The van der Waals surface area contributed by atoms with Crippen LogP contribution in [0.1, 0.15) is 34.6 Å². The molecule has 0 saturated carbocycles. The summed E-state index contributed by atoms with van der Waals surface area (Å²) in [5.74, 6) is 0. The van der Waals surface area contributed by atoms with Crippen LogP contribution < -0.4 is 22.8 Å². The van der Waals surface area contributed by atoms with Gasteiger partial charge in [0.25, 0.3) is 8.32 Å². The van der Waals surface area contributed by atoms with Crippen LogP contribution in [0.2, 0.25) is 5.04 Å². The molecule has 0 aliphatic carbocycles. The molecule has 0 unspecified atom stereocenters. The van der Waals surface area contributed by atoms with E-state index in [0.717, 1.165) is 0 Å². The summed E-state index contributed by atoms with van der Waals surface area (Å²) in [5.41, 5.74) is 0. The van der Waals surface area contributed by atoms with Crippen molar-refractivity contribution in [3.05, 3.63) is 67.1 Å². The monoisotopic (exact) mass is 592 g/mol. The molecule has 2 atom stereocenters. The number of hydrogen-bond donors (Lipinski definition) is 0. The molecular weight excluding hydrogens is 560 g/mol. The minimum atomic E-state index is -2.48. The number of methoxy groups -OCH3 is 1. The molecule has 5 heteroatoms. The van der Waals surface area contributed by atoms with Crippen molar-refractivity contribution in [2.75, 3.05) is 7.11 Å². The smallest absolute Gasteiger partial charge is 1.00 e. The van der Waals surface area contributed by atoms with Crippen LogP contribution in [0.3, 0.4) is 0 Å². The van der Waals surface area contributed by atoms with Crippen molar-refractivity contribution in [3.8, 4) is 0 Å². The van der Waals surface area contributed by atoms with E-state index in [4.69, 9.17) is 9.16 Å². The van der Waals surface area contributed by atoms with Crippen molar-refractivity contribution < 1.29 is 49.2 Å². The molecule has 0 N–H and O–H groups in total. The van der Waals surface area contributed by atoms with Gasteiger partial charge >= 0.3 is 27.7 Å². The second-order valence-corrected chi connectivity index (χ2v) is 11.9. The van der Waals surface area contributed by atoms with E-state index >= 15 is 0 Å². The fourth-order valence-electron chi connectivity index (χ4n) is 3.47. The van der Waals surface area contributed by atoms with Gasteiger partial charge < -0.3 is 21.6 Å². The molecule has 0 fully saturated rings. The van der Waals surface area contributed by atoms with E-state index in [1.54, 1.807) is 7.11 Å². The summed E-state index contributed by atoms with van der Waals surface area (Å²) in [7, 11) is -0.746. The summed E-state index contributed by atoms with van der Waals surface area (Å²) < 4.78 is 12.4. The van der Waals surface area contributed by atoms with Crippen molar-refractivity contribution in [2.24, 2.45) is 0 Å². The number of ether oxygens (including phenoxy) is 1. The van der Waals surface area contributed by atoms with E-state index in [-0.39, 0.29) is 57.3 Å². The first kappa shape index (κ1) is 26.8. The van der Waals surface area contributed by atoms with E-state index in [9.17, 15) is 0 Å². The molecule has 0 aliphatic rings. The van der Waals surface area contributed by atoms with Crippen LogP contribution in [0.5, 0.6) is 0 Å². The number of hydrogen-bond acceptors (Lipinski definition) is 2. The van der Waals surface area contributed by atoms with Gasteiger partial charge in [0.1, 0.15) is 0 Å². The standard InChI is InChI=1S/C22H31O2Si.ClH.Hg/c1-18(23-6)17-19(2)24-25(22(3,4)5,20-13-9-7-10-14-20)21-15-11-8-12-16-21;;/h7-19H,1-6H3;1H;/q;;+1/p-1/t18-,19-;;/m0../s1. The third-order valence-corrected chi connectivity index (χ3v) is 9.82. The van der Waals surface area contributed by atoms with Gasteiger partial charge in [-0.1, -0.05) is 81.4 Å². The Kier molecular flexibility index (Phi) is 11.6. The van der Waals surface area contributed by atoms with Crippen LogP contribution in [0.25, 0.3) is 0 Å². The predicted molar refractivity (Wildman–Crippen MR) is 109 cm³/mol. The zero-order valence-corrected chi connectivity index (χ0v) is 24.7. The molecule has 0 spiro atoms. The third kappa shape index (κ3) is 6.40. The topological polar surface area (TPSA) is 18.5 Å². The average Bonchev–Trinajstić information content (AvgIpc) is 2.60. The maximum absolute atomic E-state index is 6.95. The average molecular weight is 592 g/mol. The zero-order chi connectivity index (χ0) is 18.5. The molecule has 2 rings (SSSR count). The van der Waals surface area contributed by atoms with Gasteiger partial charge in [0.05, 0.1) is 6.10 Å². The minimum absolute atomic E-state index is 0. The first-order chi connectivity index (χ1) is 11.8. The van der Waals surface area contributed by atoms with Gasteiger partial charge in [0.15, 0.2) is 0 Å². The summed E-state index contributed by atoms with van der Waals surface area (Å²) in [5, 5.41) is 2.60. The quantitative estimate of drug-likeness (QED) is 0.451. The van der Waals surface area contributed by atoms with Crippen LogP contribution in [0.15, 0.2) is 60.7 Å². The number of halogens is 1. The largest absolute Gasteiger partial charge is 1.00 e. The van der Waals surface area contributed by atoms with E-state index < -0.39 is 8.32 Å². The maximum Gasteiger partial charge on any atom is 1.00 e. The summed E-state index contributed by atoms with van der Waals surface area (Å²) >= 11 is 0. The van der Waals surface area contributed by atoms with E-state index in [2.05, 4.69) is 94.8 Å². The maximum atomic E-state index is 6.95. The van der Waals surface area contributed by atoms with Crippen LogP contribution in [-0.2, 0) is 36.8 Å². The number of rotatable bonds is 7. The molecule has 27 heavy (non-hydrogen) atoms. The Bertz CT molecular complexity index is 607. The molecule has 0 saturated heterocycles. The van der Waals surface area contributed by atoms with Gasteiger partial charge in [-0.2, -0.15) is 0 Å². The van der Waals surface area contributed by atoms with Crippen molar-refractivity contribution >= 4 is 18.7 Å². The summed E-state index contributed by atoms with van der Waals surface area (Å²) in [6.45, 7) is 11.1. The second-order valence-electron chi connectivity index (χ2n) is 7.62. The Balaban J connectivity index is 0.00000338. The van der Waals surface area contributed by atoms with Gasteiger partial charge in [-0.15, -0.1) is 0 Å². The molecule has 2 nitrogen and oxygen atoms in total. The Morgan fingerprint density at radius 1 is 0.815 bits per heavy atom. The van der Waals surface area contributed by atoms with Crippen molar-refractivity contribution in [2.45, 2.75) is 51.9 Å². The second kappa shape index (κ2) is 11.7. The Labute approximate surface area is 193 Å². The summed E-state index contributed by atoms with van der Waals surface area (Å²) in [6.07, 6.45) is 2.20. The van der Waals surface area contributed by atoms with Gasteiger partial charge in [0, 0.05) is 19.6 Å². The normalized spacial score (nSPS) is 13.9. The zero-order valence-electron chi connectivity index (χ0n) is 17.4. The van der Waals surface area contributed by atoms with Crippen LogP contribution in [0, 0.1) is 6.42 Å². The van der Waals surface area contributed by atoms with Crippen LogP contribution in [0.4, 0.5) is 0 Å². The van der Waals surface area contributed by atoms with Crippen LogP contribution in [-0.4, -0.2) is 27.6 Å². The van der Waals surface area contributed by atoms with Crippen molar-refractivity contribution in [1.29, 1.82) is 0 Å². The SMILES string of the molecule is CO[C@@H](C)[CH][C@H](C)O[Si](c1ccccc1)(c1ccccc1)C(C)(C)C.[Cl-].[Hg+]. The third-order valence-electron chi connectivity index (χ3n) is 4.69. The van der Waals surface area contributed by atoms with Crippen molar-refractivity contribution in [1.82, 2.24) is 0 Å². The molecule has 0 amide bonds. The fourth-order valence-corrected chi connectivity index (χ4v) is 8.12. The number of benzene rings is 2. The van der Waals surface area contributed by atoms with Gasteiger partial charge in [-0.05, 0) is 29.3 Å². The Morgan fingerprint density at radius 3 is 1.56 bits per heavy atom. The molecule has 2 aromatic carbocycles. The molecule has 0 heterocycles. The summed E-state index contributed by atoms with van der Waals surface area (Å²) in [6, 6.07) is 21.5. The minimum Gasteiger partial charge on any atom is -1.00 e. The molecule has 0 aromatic heterocycles. The molecule has 0 bridgehead atoms. The van der Waals surface area contributed by atoms with Gasteiger partial charge in [-0.25, -0.2) is 0 Å². The molecule has 144 valence electrons. The molecule has 2 radical (unpaired) electrons. The van der Waals surface area contributed by atoms with Crippen LogP contribution >= 0.6 is 0 Å². The Morgan fingerprint density at radius 2 is 1.22 bits per heavy atom.